The van der Waals surface area contributed by atoms with E-state index in [0.717, 1.165) is 16.0 Å². The van der Waals surface area contributed by atoms with Gasteiger partial charge in [-0.05, 0) is 30.2 Å². The van der Waals surface area contributed by atoms with E-state index >= 15 is 0 Å². The number of hydrogen-bond acceptors (Lipinski definition) is 6. The number of carbonyl (C=O) groups is 2. The average Bonchev–Trinajstić information content (AvgIpc) is 2.62. The van der Waals surface area contributed by atoms with Gasteiger partial charge in [-0.3, -0.25) is 9.59 Å². The highest BCUT2D eigenvalue weighted by molar-refractivity contribution is 5.89. The largest absolute Gasteiger partial charge is 0.497 e. The SMILES string of the molecule is COc1ccc(CCNC(=O)COC(=O)c2ccc(=O)n(C)n2)cc1. The van der Waals surface area contributed by atoms with E-state index in [9.17, 15) is 14.4 Å². The van der Waals surface area contributed by atoms with Crippen LogP contribution in [0.5, 0.6) is 5.75 Å². The van der Waals surface area contributed by atoms with Gasteiger partial charge in [0.1, 0.15) is 5.75 Å². The lowest BCUT2D eigenvalue weighted by atomic mass is 10.1. The fourth-order valence-corrected chi connectivity index (χ4v) is 2.01. The van der Waals surface area contributed by atoms with Crippen LogP contribution in [-0.2, 0) is 23.0 Å². The molecule has 0 saturated heterocycles. The van der Waals surface area contributed by atoms with Gasteiger partial charge < -0.3 is 14.8 Å². The van der Waals surface area contributed by atoms with Crippen molar-refractivity contribution in [1.29, 1.82) is 0 Å². The Morgan fingerprint density at radius 3 is 2.52 bits per heavy atom. The van der Waals surface area contributed by atoms with Crippen molar-refractivity contribution < 1.29 is 19.1 Å². The van der Waals surface area contributed by atoms with Gasteiger partial charge >= 0.3 is 5.97 Å². The van der Waals surface area contributed by atoms with Gasteiger partial charge in [0.15, 0.2) is 12.3 Å². The fourth-order valence-electron chi connectivity index (χ4n) is 2.01. The molecule has 0 spiro atoms. The highest BCUT2D eigenvalue weighted by Gasteiger charge is 2.12. The Balaban J connectivity index is 1.73. The zero-order valence-electron chi connectivity index (χ0n) is 14.0. The standard InChI is InChI=1S/C17H19N3O5/c1-20-16(22)8-7-14(19-20)17(23)25-11-15(21)18-10-9-12-3-5-13(24-2)6-4-12/h3-8H,9-11H2,1-2H3,(H,18,21). The van der Waals surface area contributed by atoms with Crippen LogP contribution in [0.2, 0.25) is 0 Å². The second-order valence-electron chi connectivity index (χ2n) is 5.20. The summed E-state index contributed by atoms with van der Waals surface area (Å²) in [4.78, 5) is 34.7. The number of benzene rings is 1. The van der Waals surface area contributed by atoms with Crippen LogP contribution in [0.3, 0.4) is 0 Å². The van der Waals surface area contributed by atoms with E-state index in [4.69, 9.17) is 9.47 Å². The molecule has 0 aliphatic carbocycles. The molecule has 25 heavy (non-hydrogen) atoms. The minimum atomic E-state index is -0.763. The van der Waals surface area contributed by atoms with Crippen molar-refractivity contribution in [3.8, 4) is 5.75 Å². The smallest absolute Gasteiger partial charge is 0.359 e. The number of aryl methyl sites for hydroxylation is 1. The van der Waals surface area contributed by atoms with Crippen molar-refractivity contribution in [3.63, 3.8) is 0 Å². The zero-order chi connectivity index (χ0) is 18.2. The number of ether oxygens (including phenoxy) is 2. The lowest BCUT2D eigenvalue weighted by molar-refractivity contribution is -0.124. The maximum Gasteiger partial charge on any atom is 0.359 e. The number of rotatable bonds is 7. The summed E-state index contributed by atoms with van der Waals surface area (Å²) in [5, 5.41) is 6.42. The van der Waals surface area contributed by atoms with Crippen molar-refractivity contribution >= 4 is 11.9 Å². The first kappa shape index (κ1) is 18.2. The minimum Gasteiger partial charge on any atom is -0.497 e. The summed E-state index contributed by atoms with van der Waals surface area (Å²) in [5.74, 6) is -0.403. The molecule has 2 rings (SSSR count). The van der Waals surface area contributed by atoms with Crippen molar-refractivity contribution in [3.05, 3.63) is 58.0 Å². The van der Waals surface area contributed by atoms with Crippen molar-refractivity contribution in [1.82, 2.24) is 15.1 Å². The first-order valence-electron chi connectivity index (χ1n) is 7.60. The van der Waals surface area contributed by atoms with Crippen LogP contribution >= 0.6 is 0 Å². The van der Waals surface area contributed by atoms with Crippen molar-refractivity contribution in [2.45, 2.75) is 6.42 Å². The Morgan fingerprint density at radius 1 is 1.16 bits per heavy atom. The van der Waals surface area contributed by atoms with Gasteiger partial charge in [-0.25, -0.2) is 9.48 Å². The Morgan fingerprint density at radius 2 is 1.88 bits per heavy atom. The molecule has 0 aliphatic heterocycles. The Kier molecular flexibility index (Phi) is 6.27. The van der Waals surface area contributed by atoms with Gasteiger partial charge in [0.2, 0.25) is 0 Å². The number of esters is 1. The van der Waals surface area contributed by atoms with Crippen LogP contribution in [0.4, 0.5) is 0 Å². The molecule has 132 valence electrons. The maximum atomic E-state index is 11.8. The molecule has 0 aliphatic rings. The number of methoxy groups -OCH3 is 1. The molecule has 0 fully saturated rings. The Bertz CT molecular complexity index is 799. The molecule has 1 aromatic heterocycles. The minimum absolute atomic E-state index is 0.0341. The molecular formula is C17H19N3O5. The molecule has 1 heterocycles. The quantitative estimate of drug-likeness (QED) is 0.725. The predicted molar refractivity (Wildman–Crippen MR) is 89.5 cm³/mol. The van der Waals surface area contributed by atoms with E-state index in [1.165, 1.54) is 19.2 Å². The van der Waals surface area contributed by atoms with Crippen LogP contribution < -0.4 is 15.6 Å². The van der Waals surface area contributed by atoms with Gasteiger partial charge in [-0.1, -0.05) is 12.1 Å². The van der Waals surface area contributed by atoms with E-state index in [1.807, 2.05) is 24.3 Å². The number of amides is 1. The van der Waals surface area contributed by atoms with Crippen LogP contribution in [0, 0.1) is 0 Å². The van der Waals surface area contributed by atoms with Gasteiger partial charge in [0.25, 0.3) is 11.5 Å². The van der Waals surface area contributed by atoms with E-state index < -0.39 is 18.5 Å². The van der Waals surface area contributed by atoms with Gasteiger partial charge in [0.05, 0.1) is 7.11 Å². The summed E-state index contributed by atoms with van der Waals surface area (Å²) < 4.78 is 11.0. The summed E-state index contributed by atoms with van der Waals surface area (Å²) in [5.41, 5.74) is 0.674. The van der Waals surface area contributed by atoms with E-state index in [-0.39, 0.29) is 11.3 Å². The van der Waals surface area contributed by atoms with E-state index in [0.29, 0.717) is 13.0 Å². The number of nitrogens with zero attached hydrogens (tertiary/aromatic N) is 2. The van der Waals surface area contributed by atoms with Crippen LogP contribution in [0.1, 0.15) is 16.1 Å². The molecule has 8 heteroatoms. The molecule has 0 bridgehead atoms. The normalized spacial score (nSPS) is 10.2. The number of aromatic nitrogens is 2. The monoisotopic (exact) mass is 345 g/mol. The highest BCUT2D eigenvalue weighted by Crippen LogP contribution is 2.11. The Labute approximate surface area is 144 Å². The predicted octanol–water partition coefficient (Wildman–Crippen LogP) is 0.305. The van der Waals surface area contributed by atoms with E-state index in [2.05, 4.69) is 10.4 Å². The number of carbonyl (C=O) groups excluding carboxylic acids is 2. The molecule has 1 N–H and O–H groups in total. The second kappa shape index (κ2) is 8.62. The summed E-state index contributed by atoms with van der Waals surface area (Å²) in [6, 6.07) is 9.98. The summed E-state index contributed by atoms with van der Waals surface area (Å²) in [7, 11) is 3.02. The molecule has 1 aromatic carbocycles. The van der Waals surface area contributed by atoms with Crippen LogP contribution in [0.15, 0.2) is 41.2 Å². The lowest BCUT2D eigenvalue weighted by Gasteiger charge is -2.07. The molecule has 0 saturated carbocycles. The molecular weight excluding hydrogens is 326 g/mol. The highest BCUT2D eigenvalue weighted by atomic mass is 16.5. The van der Waals surface area contributed by atoms with Crippen molar-refractivity contribution in [2.75, 3.05) is 20.3 Å². The average molecular weight is 345 g/mol. The first-order valence-corrected chi connectivity index (χ1v) is 7.60. The van der Waals surface area contributed by atoms with Gasteiger partial charge in [0, 0.05) is 19.7 Å². The third kappa shape index (κ3) is 5.45. The maximum absolute atomic E-state index is 11.8. The Hall–Kier alpha value is -3.16. The number of hydrogen-bond donors (Lipinski definition) is 1. The topological polar surface area (TPSA) is 99.5 Å². The van der Waals surface area contributed by atoms with Gasteiger partial charge in [-0.15, -0.1) is 0 Å². The van der Waals surface area contributed by atoms with Crippen LogP contribution in [-0.4, -0.2) is 41.9 Å². The second-order valence-corrected chi connectivity index (χ2v) is 5.20. The molecule has 2 aromatic rings. The molecule has 1 amide bonds. The molecule has 0 atom stereocenters. The fraction of sp³-hybridized carbons (Fsp3) is 0.294. The molecule has 8 nitrogen and oxygen atoms in total. The zero-order valence-corrected chi connectivity index (χ0v) is 14.0. The molecule has 0 radical (unpaired) electrons. The third-order valence-electron chi connectivity index (χ3n) is 3.40. The van der Waals surface area contributed by atoms with Gasteiger partial charge in [-0.2, -0.15) is 5.10 Å². The van der Waals surface area contributed by atoms with Crippen LogP contribution in [0.25, 0.3) is 0 Å². The lowest BCUT2D eigenvalue weighted by Crippen LogP contribution is -2.31. The van der Waals surface area contributed by atoms with Crippen molar-refractivity contribution in [2.24, 2.45) is 7.05 Å². The summed E-state index contributed by atoms with van der Waals surface area (Å²) >= 11 is 0. The summed E-state index contributed by atoms with van der Waals surface area (Å²) in [6.45, 7) is 0.00671. The first-order chi connectivity index (χ1) is 12.0. The third-order valence-corrected chi connectivity index (χ3v) is 3.40. The number of nitrogens with one attached hydrogen (secondary N) is 1. The van der Waals surface area contributed by atoms with E-state index in [1.54, 1.807) is 7.11 Å². The molecule has 0 unspecified atom stereocenters. The summed E-state index contributed by atoms with van der Waals surface area (Å²) in [6.07, 6.45) is 0.645.